The number of nitrogens with zero attached hydrogens (tertiary/aromatic N) is 2. The highest BCUT2D eigenvalue weighted by Gasteiger charge is 2.28. The van der Waals surface area contributed by atoms with Crippen molar-refractivity contribution in [2.24, 2.45) is 10.9 Å². The number of morpholine rings is 1. The van der Waals surface area contributed by atoms with Crippen LogP contribution in [0.5, 0.6) is 0 Å². The molecule has 8 heteroatoms. The van der Waals surface area contributed by atoms with E-state index in [1.54, 1.807) is 27.8 Å². The van der Waals surface area contributed by atoms with Gasteiger partial charge in [-0.2, -0.15) is 0 Å². The number of sulfone groups is 1. The first kappa shape index (κ1) is 23.2. The predicted molar refractivity (Wildman–Crippen MR) is 109 cm³/mol. The molecular formula is C18H38N4O3S. The van der Waals surface area contributed by atoms with E-state index in [2.05, 4.69) is 34.4 Å². The van der Waals surface area contributed by atoms with Crippen LogP contribution in [0.1, 0.15) is 41.0 Å². The van der Waals surface area contributed by atoms with Gasteiger partial charge >= 0.3 is 0 Å². The lowest BCUT2D eigenvalue weighted by atomic mass is 10.0. The van der Waals surface area contributed by atoms with Gasteiger partial charge in [-0.1, -0.05) is 13.8 Å². The van der Waals surface area contributed by atoms with Gasteiger partial charge in [-0.15, -0.1) is 0 Å². The molecule has 0 bridgehead atoms. The van der Waals surface area contributed by atoms with E-state index in [0.717, 1.165) is 39.3 Å². The lowest BCUT2D eigenvalue weighted by Gasteiger charge is -2.35. The molecule has 1 unspecified atom stereocenters. The van der Waals surface area contributed by atoms with Gasteiger partial charge in [0.15, 0.2) is 15.8 Å². The van der Waals surface area contributed by atoms with Crippen LogP contribution in [0.15, 0.2) is 4.99 Å². The van der Waals surface area contributed by atoms with Crippen LogP contribution in [-0.4, -0.2) is 82.3 Å². The number of rotatable bonds is 8. The van der Waals surface area contributed by atoms with E-state index in [1.165, 1.54) is 0 Å². The monoisotopic (exact) mass is 390 g/mol. The van der Waals surface area contributed by atoms with Gasteiger partial charge in [0, 0.05) is 39.3 Å². The largest absolute Gasteiger partial charge is 0.379 e. The van der Waals surface area contributed by atoms with E-state index in [4.69, 9.17) is 4.74 Å². The molecule has 0 aromatic rings. The molecule has 0 aromatic heterocycles. The van der Waals surface area contributed by atoms with Crippen LogP contribution in [-0.2, 0) is 14.6 Å². The van der Waals surface area contributed by atoms with Crippen molar-refractivity contribution >= 4 is 15.8 Å². The average molecular weight is 391 g/mol. The first-order chi connectivity index (χ1) is 12.1. The number of ether oxygens (including phenoxy) is 1. The van der Waals surface area contributed by atoms with E-state index in [1.807, 2.05) is 0 Å². The number of hydrogen-bond acceptors (Lipinski definition) is 5. The SMILES string of the molecule is CN=C(NCCS(=O)(=O)C(C)(C)C)NCC(CC(C)C)N1CCOCC1. The summed E-state index contributed by atoms with van der Waals surface area (Å²) < 4.78 is 29.1. The van der Waals surface area contributed by atoms with Crippen molar-refractivity contribution in [1.82, 2.24) is 15.5 Å². The molecule has 0 saturated carbocycles. The molecular weight excluding hydrogens is 352 g/mol. The van der Waals surface area contributed by atoms with Gasteiger partial charge in [0.25, 0.3) is 0 Å². The maximum absolute atomic E-state index is 12.2. The highest BCUT2D eigenvalue weighted by atomic mass is 32.2. The Morgan fingerprint density at radius 1 is 1.19 bits per heavy atom. The van der Waals surface area contributed by atoms with Gasteiger partial charge < -0.3 is 15.4 Å². The van der Waals surface area contributed by atoms with Crippen LogP contribution in [0.25, 0.3) is 0 Å². The van der Waals surface area contributed by atoms with E-state index in [0.29, 0.717) is 24.5 Å². The first-order valence-electron chi connectivity index (χ1n) is 9.55. The van der Waals surface area contributed by atoms with E-state index in [-0.39, 0.29) is 5.75 Å². The van der Waals surface area contributed by atoms with Gasteiger partial charge in [0.05, 0.1) is 23.7 Å². The molecule has 1 saturated heterocycles. The lowest BCUT2D eigenvalue weighted by molar-refractivity contribution is 0.0132. The van der Waals surface area contributed by atoms with Gasteiger partial charge in [0.2, 0.25) is 0 Å². The minimum atomic E-state index is -3.13. The Kier molecular flexibility index (Phi) is 9.33. The summed E-state index contributed by atoms with van der Waals surface area (Å²) in [5.74, 6) is 1.35. The minimum absolute atomic E-state index is 0.0933. The molecule has 1 atom stereocenters. The third-order valence-electron chi connectivity index (χ3n) is 4.63. The molecule has 0 aromatic carbocycles. The molecule has 0 amide bonds. The fourth-order valence-electron chi connectivity index (χ4n) is 2.89. The van der Waals surface area contributed by atoms with Crippen LogP contribution in [0.2, 0.25) is 0 Å². The standard InChI is InChI=1S/C18H38N4O3S/c1-15(2)13-16(22-8-10-25-11-9-22)14-21-17(19-6)20-7-12-26(23,24)18(3,4)5/h15-16H,7-14H2,1-6H3,(H2,19,20,21). The van der Waals surface area contributed by atoms with E-state index in [9.17, 15) is 8.42 Å². The van der Waals surface area contributed by atoms with Crippen molar-refractivity contribution in [3.8, 4) is 0 Å². The van der Waals surface area contributed by atoms with Crippen LogP contribution in [0.4, 0.5) is 0 Å². The number of nitrogens with one attached hydrogen (secondary N) is 2. The highest BCUT2D eigenvalue weighted by molar-refractivity contribution is 7.92. The van der Waals surface area contributed by atoms with Crippen molar-refractivity contribution in [3.05, 3.63) is 0 Å². The number of guanidine groups is 1. The van der Waals surface area contributed by atoms with Crippen molar-refractivity contribution in [2.45, 2.75) is 51.8 Å². The zero-order valence-electron chi connectivity index (χ0n) is 17.3. The van der Waals surface area contributed by atoms with Crippen LogP contribution < -0.4 is 10.6 Å². The van der Waals surface area contributed by atoms with Crippen LogP contribution in [0, 0.1) is 5.92 Å². The van der Waals surface area contributed by atoms with Crippen LogP contribution >= 0.6 is 0 Å². The maximum Gasteiger partial charge on any atom is 0.191 e. The normalized spacial score (nSPS) is 18.8. The topological polar surface area (TPSA) is 83.0 Å². The molecule has 1 fully saturated rings. The second-order valence-corrected chi connectivity index (χ2v) is 11.1. The maximum atomic E-state index is 12.2. The molecule has 1 rings (SSSR count). The average Bonchev–Trinajstić information content (AvgIpc) is 2.56. The van der Waals surface area contributed by atoms with Crippen molar-refractivity contribution in [2.75, 3.05) is 52.2 Å². The molecule has 1 aliphatic heterocycles. The number of aliphatic imine (C=N–C) groups is 1. The first-order valence-corrected chi connectivity index (χ1v) is 11.2. The molecule has 0 spiro atoms. The van der Waals surface area contributed by atoms with Crippen LogP contribution in [0.3, 0.4) is 0 Å². The third kappa shape index (κ3) is 7.80. The van der Waals surface area contributed by atoms with Gasteiger partial charge in [-0.3, -0.25) is 9.89 Å². The summed E-state index contributed by atoms with van der Waals surface area (Å²) in [6.45, 7) is 14.3. The Morgan fingerprint density at radius 3 is 2.31 bits per heavy atom. The Hall–Kier alpha value is -0.860. The predicted octanol–water partition coefficient (Wildman–Crippen LogP) is 1.11. The van der Waals surface area contributed by atoms with Gasteiger partial charge in [-0.05, 0) is 33.1 Å². The van der Waals surface area contributed by atoms with Crippen molar-refractivity contribution in [1.29, 1.82) is 0 Å². The molecule has 154 valence electrons. The Morgan fingerprint density at radius 2 is 1.81 bits per heavy atom. The molecule has 2 N–H and O–H groups in total. The third-order valence-corrected chi connectivity index (χ3v) is 7.24. The molecule has 0 aliphatic carbocycles. The number of hydrogen-bond donors (Lipinski definition) is 2. The minimum Gasteiger partial charge on any atom is -0.379 e. The quantitative estimate of drug-likeness (QED) is 0.477. The van der Waals surface area contributed by atoms with E-state index >= 15 is 0 Å². The van der Waals surface area contributed by atoms with Crippen molar-refractivity contribution < 1.29 is 13.2 Å². The summed E-state index contributed by atoms with van der Waals surface area (Å²) in [4.78, 5) is 6.69. The Balaban J connectivity index is 2.52. The van der Waals surface area contributed by atoms with Gasteiger partial charge in [0.1, 0.15) is 0 Å². The summed E-state index contributed by atoms with van der Waals surface area (Å²) in [5.41, 5.74) is 0. The lowest BCUT2D eigenvalue weighted by Crippen LogP contribution is -2.51. The van der Waals surface area contributed by atoms with E-state index < -0.39 is 14.6 Å². The molecule has 7 nitrogen and oxygen atoms in total. The summed E-state index contributed by atoms with van der Waals surface area (Å²) in [7, 11) is -1.43. The van der Waals surface area contributed by atoms with Gasteiger partial charge in [-0.25, -0.2) is 8.42 Å². The fourth-order valence-corrected chi connectivity index (χ4v) is 3.88. The molecule has 0 radical (unpaired) electrons. The summed E-state index contributed by atoms with van der Waals surface area (Å²) in [6, 6.07) is 0.413. The summed E-state index contributed by atoms with van der Waals surface area (Å²) in [5, 5.41) is 6.48. The summed E-state index contributed by atoms with van der Waals surface area (Å²) >= 11 is 0. The molecule has 26 heavy (non-hydrogen) atoms. The smallest absolute Gasteiger partial charge is 0.191 e. The summed E-state index contributed by atoms with van der Waals surface area (Å²) in [6.07, 6.45) is 1.10. The highest BCUT2D eigenvalue weighted by Crippen LogP contribution is 2.15. The molecule has 1 aliphatic rings. The fraction of sp³-hybridized carbons (Fsp3) is 0.944. The second-order valence-electron chi connectivity index (χ2n) is 8.24. The Labute approximate surface area is 159 Å². The zero-order valence-corrected chi connectivity index (χ0v) is 18.2. The van der Waals surface area contributed by atoms with Crippen molar-refractivity contribution in [3.63, 3.8) is 0 Å². The Bertz CT molecular complexity index is 535. The second kappa shape index (κ2) is 10.5. The molecule has 1 heterocycles. The zero-order chi connectivity index (χ0) is 19.8.